The summed E-state index contributed by atoms with van der Waals surface area (Å²) in [5, 5.41) is 3.17. The van der Waals surface area contributed by atoms with Gasteiger partial charge in [0.15, 0.2) is 0 Å². The van der Waals surface area contributed by atoms with Gasteiger partial charge < -0.3 is 5.32 Å². The molecule has 0 radical (unpaired) electrons. The third kappa shape index (κ3) is 4.65. The minimum absolute atomic E-state index is 0.111. The SMILES string of the molecule is C=C/C=C1\C(=C/C)C(=O)NC1(C(=C)/C=C\C(C)=C/C)/C(C)=C/C=C(/C)C=C. The number of carbonyl (C=O) groups excluding carboxylic acids is 1. The van der Waals surface area contributed by atoms with Crippen molar-refractivity contribution in [2.45, 2.75) is 40.2 Å². The lowest BCUT2D eigenvalue weighted by Gasteiger charge is -2.33. The van der Waals surface area contributed by atoms with Crippen LogP contribution in [0, 0.1) is 0 Å². The monoisotopic (exact) mass is 361 g/mol. The molecule has 0 aromatic heterocycles. The Bertz CT molecular complexity index is 824. The van der Waals surface area contributed by atoms with Gasteiger partial charge in [0.2, 0.25) is 0 Å². The maximum atomic E-state index is 12.7. The molecule has 1 amide bonds. The van der Waals surface area contributed by atoms with Gasteiger partial charge in [0.1, 0.15) is 5.54 Å². The van der Waals surface area contributed by atoms with E-state index in [-0.39, 0.29) is 5.91 Å². The van der Waals surface area contributed by atoms with Crippen LogP contribution in [0.2, 0.25) is 0 Å². The van der Waals surface area contributed by atoms with E-state index in [1.807, 2.05) is 77.2 Å². The predicted molar refractivity (Wildman–Crippen MR) is 118 cm³/mol. The molecular formula is C25H31NO. The first-order chi connectivity index (χ1) is 12.8. The molecule has 1 aliphatic heterocycles. The molecule has 0 aromatic rings. The first-order valence-corrected chi connectivity index (χ1v) is 9.09. The molecule has 27 heavy (non-hydrogen) atoms. The van der Waals surface area contributed by atoms with E-state index in [9.17, 15) is 4.79 Å². The van der Waals surface area contributed by atoms with Crippen LogP contribution in [0.5, 0.6) is 0 Å². The molecule has 0 aromatic carbocycles. The number of hydrogen-bond acceptors (Lipinski definition) is 1. The van der Waals surface area contributed by atoms with E-state index in [4.69, 9.17) is 0 Å². The molecule has 0 aliphatic carbocycles. The molecule has 1 unspecified atom stereocenters. The second-order valence-corrected chi connectivity index (χ2v) is 6.58. The Balaban J connectivity index is 3.72. The lowest BCUT2D eigenvalue weighted by atomic mass is 9.76. The van der Waals surface area contributed by atoms with Gasteiger partial charge in [-0.2, -0.15) is 0 Å². The summed E-state index contributed by atoms with van der Waals surface area (Å²) in [4.78, 5) is 12.7. The maximum Gasteiger partial charge on any atom is 0.252 e. The Kier molecular flexibility index (Phi) is 7.99. The van der Waals surface area contributed by atoms with E-state index >= 15 is 0 Å². The van der Waals surface area contributed by atoms with Crippen molar-refractivity contribution in [3.05, 3.63) is 108 Å². The third-order valence-electron chi connectivity index (χ3n) is 4.81. The zero-order chi connectivity index (χ0) is 20.6. The van der Waals surface area contributed by atoms with Crippen LogP contribution in [0.3, 0.4) is 0 Å². The van der Waals surface area contributed by atoms with Crippen LogP contribution in [-0.2, 0) is 4.79 Å². The summed E-state index contributed by atoms with van der Waals surface area (Å²) in [6.07, 6.45) is 17.2. The quantitative estimate of drug-likeness (QED) is 0.433. The summed E-state index contributed by atoms with van der Waals surface area (Å²) in [5.41, 5.74) is 4.62. The van der Waals surface area contributed by atoms with Crippen LogP contribution in [0.4, 0.5) is 0 Å². The summed E-state index contributed by atoms with van der Waals surface area (Å²) in [6, 6.07) is 0. The molecule has 1 atom stereocenters. The molecule has 2 nitrogen and oxygen atoms in total. The van der Waals surface area contributed by atoms with Crippen molar-refractivity contribution in [3.63, 3.8) is 0 Å². The lowest BCUT2D eigenvalue weighted by molar-refractivity contribution is -0.116. The Labute approximate surface area is 164 Å². The van der Waals surface area contributed by atoms with Gasteiger partial charge in [-0.1, -0.05) is 85.6 Å². The van der Waals surface area contributed by atoms with Gasteiger partial charge in [-0.3, -0.25) is 4.79 Å². The van der Waals surface area contributed by atoms with Crippen LogP contribution in [0.15, 0.2) is 108 Å². The average molecular weight is 362 g/mol. The standard InChI is InChI=1S/C25H31NO/c1-9-13-23-22(12-4)24(27)26-25(23,20(7)16-14-18(5)10-2)21(8)17-15-19(6)11-3/h9-17H,1-2,8H2,3-7H3,(H,26,27)/b17-15-,18-14-,19-11-,20-16+,22-12+,23-13+. The minimum Gasteiger partial charge on any atom is -0.335 e. The molecule has 0 bridgehead atoms. The number of allylic oxidation sites excluding steroid dienone is 10. The lowest BCUT2D eigenvalue weighted by Crippen LogP contribution is -2.45. The van der Waals surface area contributed by atoms with Gasteiger partial charge in [0.05, 0.1) is 0 Å². The fraction of sp³-hybridized carbons (Fsp3) is 0.240. The first-order valence-electron chi connectivity index (χ1n) is 9.09. The Morgan fingerprint density at radius 1 is 1.04 bits per heavy atom. The van der Waals surface area contributed by atoms with Gasteiger partial charge in [0, 0.05) is 5.57 Å². The smallest absolute Gasteiger partial charge is 0.252 e. The summed E-state index contributed by atoms with van der Waals surface area (Å²) < 4.78 is 0. The van der Waals surface area contributed by atoms with Gasteiger partial charge in [-0.05, 0) is 51.3 Å². The molecule has 1 heterocycles. The van der Waals surface area contributed by atoms with Crippen molar-refractivity contribution in [2.75, 3.05) is 0 Å². The highest BCUT2D eigenvalue weighted by molar-refractivity contribution is 6.05. The molecule has 1 saturated heterocycles. The third-order valence-corrected chi connectivity index (χ3v) is 4.81. The number of rotatable bonds is 7. The highest BCUT2D eigenvalue weighted by Gasteiger charge is 2.47. The highest BCUT2D eigenvalue weighted by atomic mass is 16.2. The second-order valence-electron chi connectivity index (χ2n) is 6.58. The van der Waals surface area contributed by atoms with Gasteiger partial charge in [-0.25, -0.2) is 0 Å². The van der Waals surface area contributed by atoms with Crippen molar-refractivity contribution in [2.24, 2.45) is 0 Å². The highest BCUT2D eigenvalue weighted by Crippen LogP contribution is 2.42. The van der Waals surface area contributed by atoms with Crippen molar-refractivity contribution in [3.8, 4) is 0 Å². The summed E-state index contributed by atoms with van der Waals surface area (Å²) in [7, 11) is 0. The molecule has 1 rings (SSSR count). The van der Waals surface area contributed by atoms with E-state index < -0.39 is 5.54 Å². The van der Waals surface area contributed by atoms with Crippen molar-refractivity contribution in [1.29, 1.82) is 0 Å². The van der Waals surface area contributed by atoms with Crippen LogP contribution in [0.1, 0.15) is 34.6 Å². The second kappa shape index (κ2) is 9.72. The molecule has 142 valence electrons. The topological polar surface area (TPSA) is 29.1 Å². The molecule has 1 fully saturated rings. The van der Waals surface area contributed by atoms with Crippen LogP contribution in [-0.4, -0.2) is 11.4 Å². The van der Waals surface area contributed by atoms with Crippen molar-refractivity contribution >= 4 is 5.91 Å². The van der Waals surface area contributed by atoms with Crippen molar-refractivity contribution in [1.82, 2.24) is 5.32 Å². The summed E-state index contributed by atoms with van der Waals surface area (Å²) in [6.45, 7) is 21.8. The zero-order valence-corrected chi connectivity index (χ0v) is 17.2. The normalized spacial score (nSPS) is 24.6. The number of hydrogen-bond donors (Lipinski definition) is 1. The van der Waals surface area contributed by atoms with Gasteiger partial charge >= 0.3 is 0 Å². The van der Waals surface area contributed by atoms with E-state index in [0.29, 0.717) is 5.57 Å². The molecule has 1 N–H and O–H groups in total. The predicted octanol–water partition coefficient (Wildman–Crippen LogP) is 6.07. The molecule has 0 spiro atoms. The van der Waals surface area contributed by atoms with E-state index in [1.54, 1.807) is 12.2 Å². The van der Waals surface area contributed by atoms with Gasteiger partial charge in [-0.15, -0.1) is 0 Å². The minimum atomic E-state index is -0.810. The molecule has 1 aliphatic rings. The first kappa shape index (κ1) is 22.2. The van der Waals surface area contributed by atoms with Crippen LogP contribution in [0.25, 0.3) is 0 Å². The van der Waals surface area contributed by atoms with E-state index in [0.717, 1.165) is 27.9 Å². The fourth-order valence-electron chi connectivity index (χ4n) is 2.97. The maximum absolute atomic E-state index is 12.7. The number of nitrogens with one attached hydrogen (secondary N) is 1. The number of carbonyl (C=O) groups is 1. The van der Waals surface area contributed by atoms with Crippen LogP contribution >= 0.6 is 0 Å². The van der Waals surface area contributed by atoms with Crippen molar-refractivity contribution < 1.29 is 4.79 Å². The average Bonchev–Trinajstić information content (AvgIpc) is 2.96. The molecular weight excluding hydrogens is 330 g/mol. The largest absolute Gasteiger partial charge is 0.335 e. The van der Waals surface area contributed by atoms with Crippen LogP contribution < -0.4 is 5.32 Å². The summed E-state index contributed by atoms with van der Waals surface area (Å²) in [5.74, 6) is -0.111. The summed E-state index contributed by atoms with van der Waals surface area (Å²) >= 11 is 0. The molecule has 2 heteroatoms. The molecule has 0 saturated carbocycles. The van der Waals surface area contributed by atoms with E-state index in [1.165, 1.54) is 0 Å². The zero-order valence-electron chi connectivity index (χ0n) is 17.2. The fourth-order valence-corrected chi connectivity index (χ4v) is 2.97. The van der Waals surface area contributed by atoms with Gasteiger partial charge in [0.25, 0.3) is 5.91 Å². The van der Waals surface area contributed by atoms with E-state index in [2.05, 4.69) is 25.1 Å². The Morgan fingerprint density at radius 3 is 2.22 bits per heavy atom. The Hall–Kier alpha value is -2.87. The Morgan fingerprint density at radius 2 is 1.70 bits per heavy atom. The number of amides is 1.